The number of anilines is 1. The third kappa shape index (κ3) is 6.03. The maximum atomic E-state index is 12.6. The van der Waals surface area contributed by atoms with Gasteiger partial charge in [-0.05, 0) is 24.6 Å². The van der Waals surface area contributed by atoms with Gasteiger partial charge in [0.15, 0.2) is 0 Å². The Kier molecular flexibility index (Phi) is 7.24. The molecule has 0 radical (unpaired) electrons. The highest BCUT2D eigenvalue weighted by atomic mass is 32.2. The molecule has 0 spiro atoms. The summed E-state index contributed by atoms with van der Waals surface area (Å²) < 4.78 is 32.3. The van der Waals surface area contributed by atoms with Crippen LogP contribution in [0.25, 0.3) is 0 Å². The Hall–Kier alpha value is -2.42. The Morgan fingerprint density at radius 3 is 2.34 bits per heavy atom. The van der Waals surface area contributed by atoms with Gasteiger partial charge in [-0.15, -0.1) is 0 Å². The van der Waals surface area contributed by atoms with Crippen LogP contribution in [0.2, 0.25) is 0 Å². The largest absolute Gasteiger partial charge is 0.492 e. The minimum atomic E-state index is -3.36. The molecule has 0 bridgehead atoms. The van der Waals surface area contributed by atoms with E-state index in [1.54, 1.807) is 6.07 Å². The van der Waals surface area contributed by atoms with E-state index in [9.17, 15) is 13.2 Å². The van der Waals surface area contributed by atoms with Crippen molar-refractivity contribution in [3.05, 3.63) is 60.2 Å². The summed E-state index contributed by atoms with van der Waals surface area (Å²) in [7, 11) is -3.36. The SMILES string of the molecule is CCOc1ccccc1NC(=O)CN1CCN(S(=O)(=O)Cc2ccccc2)CC1. The molecule has 0 unspecified atom stereocenters. The molecular weight excluding hydrogens is 390 g/mol. The first kappa shape index (κ1) is 21.3. The number of sulfonamides is 1. The molecule has 156 valence electrons. The molecule has 0 atom stereocenters. The van der Waals surface area contributed by atoms with Crippen molar-refractivity contribution < 1.29 is 17.9 Å². The van der Waals surface area contributed by atoms with E-state index in [1.807, 2.05) is 60.4 Å². The van der Waals surface area contributed by atoms with Gasteiger partial charge >= 0.3 is 0 Å². The van der Waals surface area contributed by atoms with Crippen LogP contribution in [-0.2, 0) is 20.6 Å². The van der Waals surface area contributed by atoms with E-state index in [1.165, 1.54) is 4.31 Å². The van der Waals surface area contributed by atoms with E-state index in [2.05, 4.69) is 5.32 Å². The van der Waals surface area contributed by atoms with Gasteiger partial charge in [-0.25, -0.2) is 8.42 Å². The number of rotatable bonds is 8. The first-order valence-electron chi connectivity index (χ1n) is 9.73. The van der Waals surface area contributed by atoms with Crippen molar-refractivity contribution in [1.29, 1.82) is 0 Å². The van der Waals surface area contributed by atoms with Gasteiger partial charge in [0.05, 0.1) is 24.6 Å². The summed E-state index contributed by atoms with van der Waals surface area (Å²) in [5, 5.41) is 2.88. The lowest BCUT2D eigenvalue weighted by Gasteiger charge is -2.33. The van der Waals surface area contributed by atoms with Crippen LogP contribution in [0.4, 0.5) is 5.69 Å². The molecule has 3 rings (SSSR count). The van der Waals surface area contributed by atoms with Gasteiger partial charge < -0.3 is 10.1 Å². The van der Waals surface area contributed by atoms with Crippen molar-refractivity contribution in [3.63, 3.8) is 0 Å². The average molecular weight is 418 g/mol. The number of hydrogen-bond donors (Lipinski definition) is 1. The second-order valence-corrected chi connectivity index (χ2v) is 8.86. The summed E-state index contributed by atoms with van der Waals surface area (Å²) in [5.74, 6) is 0.501. The quantitative estimate of drug-likeness (QED) is 0.712. The number of hydrogen-bond acceptors (Lipinski definition) is 5. The number of amides is 1. The molecular formula is C21H27N3O4S. The molecule has 1 fully saturated rings. The standard InChI is InChI=1S/C21H27N3O4S/c1-2-28-20-11-7-6-10-19(20)22-21(25)16-23-12-14-24(15-13-23)29(26,27)17-18-8-4-3-5-9-18/h3-11H,2,12-17H2,1H3,(H,22,25). The van der Waals surface area contributed by atoms with E-state index in [4.69, 9.17) is 4.74 Å². The second-order valence-electron chi connectivity index (χ2n) is 6.89. The van der Waals surface area contributed by atoms with Crippen molar-refractivity contribution in [1.82, 2.24) is 9.21 Å². The number of nitrogens with zero attached hydrogens (tertiary/aromatic N) is 2. The van der Waals surface area contributed by atoms with Crippen molar-refractivity contribution in [2.24, 2.45) is 0 Å². The summed E-state index contributed by atoms with van der Waals surface area (Å²) in [6, 6.07) is 16.5. The van der Waals surface area contributed by atoms with Crippen LogP contribution in [-0.4, -0.2) is 62.9 Å². The zero-order valence-electron chi connectivity index (χ0n) is 16.6. The molecule has 0 aliphatic carbocycles. The fourth-order valence-corrected chi connectivity index (χ4v) is 4.80. The fraction of sp³-hybridized carbons (Fsp3) is 0.381. The molecule has 2 aromatic carbocycles. The van der Waals surface area contributed by atoms with Crippen LogP contribution in [0.1, 0.15) is 12.5 Å². The molecule has 2 aromatic rings. The summed E-state index contributed by atoms with van der Waals surface area (Å²) >= 11 is 0. The van der Waals surface area contributed by atoms with E-state index < -0.39 is 10.0 Å². The lowest BCUT2D eigenvalue weighted by Crippen LogP contribution is -2.50. The number of ether oxygens (including phenoxy) is 1. The van der Waals surface area contributed by atoms with Crippen LogP contribution in [0, 0.1) is 0 Å². The van der Waals surface area contributed by atoms with Gasteiger partial charge in [0.25, 0.3) is 0 Å². The smallest absolute Gasteiger partial charge is 0.238 e. The van der Waals surface area contributed by atoms with Crippen LogP contribution in [0.5, 0.6) is 5.75 Å². The van der Waals surface area contributed by atoms with Gasteiger partial charge in [-0.2, -0.15) is 4.31 Å². The van der Waals surface area contributed by atoms with E-state index in [0.717, 1.165) is 5.56 Å². The highest BCUT2D eigenvalue weighted by Gasteiger charge is 2.27. The van der Waals surface area contributed by atoms with Gasteiger partial charge in [0.2, 0.25) is 15.9 Å². The zero-order valence-corrected chi connectivity index (χ0v) is 17.4. The third-order valence-electron chi connectivity index (χ3n) is 4.74. The summed E-state index contributed by atoms with van der Waals surface area (Å²) in [4.78, 5) is 14.4. The van der Waals surface area contributed by atoms with Gasteiger partial charge in [-0.3, -0.25) is 9.69 Å². The van der Waals surface area contributed by atoms with Crippen LogP contribution in [0.15, 0.2) is 54.6 Å². The lowest BCUT2D eigenvalue weighted by molar-refractivity contribution is -0.117. The Balaban J connectivity index is 1.50. The maximum Gasteiger partial charge on any atom is 0.238 e. The maximum absolute atomic E-state index is 12.6. The van der Waals surface area contributed by atoms with E-state index >= 15 is 0 Å². The van der Waals surface area contributed by atoms with E-state index in [-0.39, 0.29) is 18.2 Å². The summed E-state index contributed by atoms with van der Waals surface area (Å²) in [6.45, 7) is 4.45. The van der Waals surface area contributed by atoms with Gasteiger partial charge in [-0.1, -0.05) is 42.5 Å². The molecule has 1 aliphatic rings. The zero-order chi connectivity index (χ0) is 20.7. The van der Waals surface area contributed by atoms with Crippen molar-refractivity contribution in [2.75, 3.05) is 44.6 Å². The molecule has 7 nitrogen and oxygen atoms in total. The van der Waals surface area contributed by atoms with Crippen LogP contribution < -0.4 is 10.1 Å². The van der Waals surface area contributed by atoms with Gasteiger partial charge in [0.1, 0.15) is 5.75 Å². The number of carbonyl (C=O) groups is 1. The first-order valence-corrected chi connectivity index (χ1v) is 11.3. The molecule has 1 heterocycles. The third-order valence-corrected chi connectivity index (χ3v) is 6.59. The average Bonchev–Trinajstić information content (AvgIpc) is 2.70. The number of carbonyl (C=O) groups excluding carboxylic acids is 1. The number of piperazine rings is 1. The molecule has 0 saturated carbocycles. The topological polar surface area (TPSA) is 79.0 Å². The highest BCUT2D eigenvalue weighted by Crippen LogP contribution is 2.23. The summed E-state index contributed by atoms with van der Waals surface area (Å²) in [5.41, 5.74) is 1.42. The van der Waals surface area contributed by atoms with Crippen LogP contribution >= 0.6 is 0 Å². The molecule has 1 N–H and O–H groups in total. The predicted molar refractivity (Wildman–Crippen MR) is 113 cm³/mol. The molecule has 1 aliphatic heterocycles. The Morgan fingerprint density at radius 1 is 1.00 bits per heavy atom. The predicted octanol–water partition coefficient (Wildman–Crippen LogP) is 2.17. The van der Waals surface area contributed by atoms with Crippen molar-refractivity contribution >= 4 is 21.6 Å². The summed E-state index contributed by atoms with van der Waals surface area (Å²) in [6.07, 6.45) is 0. The monoisotopic (exact) mass is 417 g/mol. The highest BCUT2D eigenvalue weighted by molar-refractivity contribution is 7.88. The van der Waals surface area contributed by atoms with Gasteiger partial charge in [0, 0.05) is 26.2 Å². The number of para-hydroxylation sites is 2. The second kappa shape index (κ2) is 9.87. The van der Waals surface area contributed by atoms with E-state index in [0.29, 0.717) is 44.2 Å². The first-order chi connectivity index (χ1) is 14.0. The molecule has 1 saturated heterocycles. The number of nitrogens with one attached hydrogen (secondary N) is 1. The Bertz CT molecular complexity index is 911. The molecule has 8 heteroatoms. The minimum Gasteiger partial charge on any atom is -0.492 e. The Labute approximate surface area is 172 Å². The normalized spacial score (nSPS) is 15.8. The minimum absolute atomic E-state index is 0.00252. The number of benzene rings is 2. The molecule has 1 amide bonds. The fourth-order valence-electron chi connectivity index (χ4n) is 3.29. The van der Waals surface area contributed by atoms with Crippen molar-refractivity contribution in [2.45, 2.75) is 12.7 Å². The van der Waals surface area contributed by atoms with Crippen LogP contribution in [0.3, 0.4) is 0 Å². The van der Waals surface area contributed by atoms with Crippen molar-refractivity contribution in [3.8, 4) is 5.75 Å². The molecule has 0 aromatic heterocycles. The molecule has 29 heavy (non-hydrogen) atoms. The lowest BCUT2D eigenvalue weighted by atomic mass is 10.2. The Morgan fingerprint density at radius 2 is 1.66 bits per heavy atom.